The quantitative estimate of drug-likeness (QED) is 0.0933. The Balaban J connectivity index is 0.0000102. The Kier molecular flexibility index (Phi) is 14.9. The average molecular weight is 757 g/mol. The van der Waals surface area contributed by atoms with E-state index in [0.29, 0.717) is 0 Å². The van der Waals surface area contributed by atoms with Crippen molar-refractivity contribution in [3.63, 3.8) is 0 Å². The molecular weight excluding hydrogens is 725 g/mol. The summed E-state index contributed by atoms with van der Waals surface area (Å²) in [5, 5.41) is 0. The maximum absolute atomic E-state index is 11.5. The van der Waals surface area contributed by atoms with Gasteiger partial charge in [-0.3, -0.25) is 37.9 Å². The van der Waals surface area contributed by atoms with Gasteiger partial charge in [0.25, 0.3) is 0 Å². The minimum atomic E-state index is -4.48. The third-order valence-electron chi connectivity index (χ3n) is 4.47. The molecule has 0 spiro atoms. The molecule has 1 fully saturated rings. The van der Waals surface area contributed by atoms with E-state index in [-0.39, 0.29) is 78.6 Å². The summed E-state index contributed by atoms with van der Waals surface area (Å²) in [4.78, 5) is 79.9. The van der Waals surface area contributed by atoms with Gasteiger partial charge in [-0.25, -0.2) is 0 Å². The van der Waals surface area contributed by atoms with E-state index in [1.807, 2.05) is 0 Å². The fraction of sp³-hybridized carbons (Fsp3) is 1.00. The molecule has 8 N–H and O–H groups in total. The first kappa shape index (κ1) is 34.3. The van der Waals surface area contributed by atoms with Crippen LogP contribution >= 0.6 is 30.4 Å². The molecule has 0 saturated carbocycles. The fourth-order valence-corrected chi connectivity index (χ4v) is 6.40. The third kappa shape index (κ3) is 19.1. The van der Waals surface area contributed by atoms with Crippen molar-refractivity contribution in [3.8, 4) is 0 Å². The topological polar surface area (TPSA) is 243 Å². The molecule has 0 unspecified atom stereocenters. The van der Waals surface area contributed by atoms with Crippen LogP contribution in [0.4, 0.5) is 0 Å². The Labute approximate surface area is 210 Å². The molecule has 2 radical (unpaired) electrons. The summed E-state index contributed by atoms with van der Waals surface area (Å²) in [6, 6.07) is 0. The van der Waals surface area contributed by atoms with Crippen LogP contribution in [0, 0.1) is 0 Å². The summed E-state index contributed by atoms with van der Waals surface area (Å²) in [6.45, 7) is -0.0527. The second-order valence-electron chi connectivity index (χ2n) is 7.70. The molecule has 1 aliphatic heterocycles. The van der Waals surface area contributed by atoms with Gasteiger partial charge in [0.1, 0.15) is 25.1 Å². The molecule has 0 aromatic carbocycles. The van der Waals surface area contributed by atoms with Crippen LogP contribution in [0.2, 0.25) is 0 Å². The maximum atomic E-state index is 11.5. The van der Waals surface area contributed by atoms with Crippen molar-refractivity contribution in [1.29, 1.82) is 0 Å². The molecular formula is C12H32BiN4O12P4+3. The van der Waals surface area contributed by atoms with Crippen LogP contribution < -0.4 is 0 Å². The Morgan fingerprint density at radius 2 is 0.515 bits per heavy atom. The fourth-order valence-electron chi connectivity index (χ4n) is 3.19. The van der Waals surface area contributed by atoms with E-state index in [9.17, 15) is 57.4 Å². The zero-order valence-electron chi connectivity index (χ0n) is 17.7. The molecule has 16 nitrogen and oxygen atoms in total. The number of hydrogen-bond donors (Lipinski definition) is 8. The van der Waals surface area contributed by atoms with Gasteiger partial charge in [0.05, 0.1) is 0 Å². The van der Waals surface area contributed by atoms with Gasteiger partial charge < -0.3 is 39.1 Å². The normalized spacial score (nSPS) is 20.6. The van der Waals surface area contributed by atoms with E-state index in [1.54, 1.807) is 0 Å². The molecule has 1 aliphatic rings. The summed E-state index contributed by atoms with van der Waals surface area (Å²) in [7, 11) is -17.9. The molecule has 0 aromatic rings. The number of rotatable bonds is 8. The van der Waals surface area contributed by atoms with E-state index >= 15 is 0 Å². The second-order valence-corrected chi connectivity index (χ2v) is 14.1. The van der Waals surface area contributed by atoms with Gasteiger partial charge in [-0.1, -0.05) is 0 Å². The van der Waals surface area contributed by atoms with Crippen molar-refractivity contribution in [2.75, 3.05) is 77.5 Å². The predicted molar refractivity (Wildman–Crippen MR) is 120 cm³/mol. The van der Waals surface area contributed by atoms with Crippen molar-refractivity contribution < 1.29 is 57.4 Å². The van der Waals surface area contributed by atoms with E-state index < -0.39 is 55.5 Å². The Bertz CT molecular complexity index is 640. The van der Waals surface area contributed by atoms with Gasteiger partial charge in [0.2, 0.25) is 0 Å². The number of nitrogens with zero attached hydrogens (tertiary/aromatic N) is 4. The largest absolute Gasteiger partial charge is 3.00 e. The zero-order chi connectivity index (χ0) is 24.8. The van der Waals surface area contributed by atoms with Crippen LogP contribution in [0.3, 0.4) is 0 Å². The van der Waals surface area contributed by atoms with Gasteiger partial charge >= 0.3 is 56.6 Å². The van der Waals surface area contributed by atoms with Crippen molar-refractivity contribution in [2.45, 2.75) is 0 Å². The molecule has 0 bridgehead atoms. The first-order valence-corrected chi connectivity index (χ1v) is 16.6. The van der Waals surface area contributed by atoms with Gasteiger partial charge in [-0.15, -0.1) is 0 Å². The summed E-state index contributed by atoms with van der Waals surface area (Å²) < 4.78 is 45.9. The van der Waals surface area contributed by atoms with E-state index in [2.05, 4.69) is 0 Å². The average Bonchev–Trinajstić information content (AvgIpc) is 2.52. The first-order chi connectivity index (χ1) is 14.3. The van der Waals surface area contributed by atoms with Crippen molar-refractivity contribution in [2.24, 2.45) is 0 Å². The van der Waals surface area contributed by atoms with Crippen LogP contribution in [-0.2, 0) is 18.3 Å². The first-order valence-electron chi connectivity index (χ1n) is 9.39. The van der Waals surface area contributed by atoms with Gasteiger partial charge in [0.15, 0.2) is 0 Å². The monoisotopic (exact) mass is 757 g/mol. The molecule has 1 saturated heterocycles. The van der Waals surface area contributed by atoms with Gasteiger partial charge in [-0.05, 0) is 0 Å². The molecule has 194 valence electrons. The van der Waals surface area contributed by atoms with Gasteiger partial charge in [0, 0.05) is 52.4 Å². The Morgan fingerprint density at radius 3 is 0.606 bits per heavy atom. The van der Waals surface area contributed by atoms with Gasteiger partial charge in [-0.2, -0.15) is 0 Å². The van der Waals surface area contributed by atoms with Crippen LogP contribution in [0.25, 0.3) is 0 Å². The number of hydrogen-bond acceptors (Lipinski definition) is 8. The van der Waals surface area contributed by atoms with E-state index in [4.69, 9.17) is 0 Å². The molecule has 33 heavy (non-hydrogen) atoms. The molecule has 0 amide bonds. The van der Waals surface area contributed by atoms with Crippen LogP contribution in [0.15, 0.2) is 0 Å². The molecule has 0 atom stereocenters. The van der Waals surface area contributed by atoms with Crippen molar-refractivity contribution in [3.05, 3.63) is 0 Å². The molecule has 0 aliphatic carbocycles. The van der Waals surface area contributed by atoms with Crippen molar-refractivity contribution in [1.82, 2.24) is 19.6 Å². The van der Waals surface area contributed by atoms with Crippen LogP contribution in [0.1, 0.15) is 0 Å². The van der Waals surface area contributed by atoms with E-state index in [0.717, 1.165) is 0 Å². The van der Waals surface area contributed by atoms with E-state index in [1.165, 1.54) is 19.6 Å². The molecule has 1 rings (SSSR count). The SMILES string of the molecule is O=P(O)(O)CN1CCN(CP(=O)(O)O)CCN(CP(=O)(O)O)CCN(CP(=O)(O)O)CC1.[Bi+3]. The standard InChI is InChI=1S/C12H32N4O12P4.Bi/c17-29(18,19)9-13-1-2-14(10-30(20,21)22)5-6-16(12-32(26,27)28)8-7-15(4-3-13)11-31(23,24)25;/h1-12H2,(H2,17,18,19)(H2,20,21,22)(H2,23,24,25)(H2,26,27,28);/q;+3. The molecule has 0 aromatic heterocycles. The minimum absolute atomic E-state index is 0. The van der Waals surface area contributed by atoms with Crippen LogP contribution in [0.5, 0.6) is 0 Å². The molecule has 21 heteroatoms. The Morgan fingerprint density at radius 1 is 0.394 bits per heavy atom. The predicted octanol–water partition coefficient (Wildman–Crippen LogP) is -2.63. The van der Waals surface area contributed by atoms with Crippen LogP contribution in [-0.4, -0.2) is 162 Å². The maximum Gasteiger partial charge on any atom is 3.00 e. The van der Waals surface area contributed by atoms with Crippen molar-refractivity contribution >= 4 is 56.6 Å². The zero-order valence-corrected chi connectivity index (χ0v) is 24.8. The third-order valence-corrected chi connectivity index (χ3v) is 7.54. The summed E-state index contributed by atoms with van der Waals surface area (Å²) in [5.74, 6) is 0. The molecule has 1 heterocycles. The summed E-state index contributed by atoms with van der Waals surface area (Å²) in [6.07, 6.45) is -2.59. The summed E-state index contributed by atoms with van der Waals surface area (Å²) in [5.41, 5.74) is 0. The second kappa shape index (κ2) is 14.3. The Hall–Kier alpha value is 1.32. The smallest absolute Gasteiger partial charge is 0.324 e. The summed E-state index contributed by atoms with van der Waals surface area (Å²) >= 11 is 0. The minimum Gasteiger partial charge on any atom is -0.324 e.